The molecule has 0 unspecified atom stereocenters. The highest BCUT2D eigenvalue weighted by atomic mass is 35.5. The van der Waals surface area contributed by atoms with Gasteiger partial charge in [0, 0.05) is 11.4 Å². The van der Waals surface area contributed by atoms with Gasteiger partial charge in [-0.15, -0.1) is 0 Å². The van der Waals surface area contributed by atoms with E-state index in [1.165, 1.54) is 0 Å². The predicted molar refractivity (Wildman–Crippen MR) is 91.4 cm³/mol. The van der Waals surface area contributed by atoms with E-state index in [-0.39, 0.29) is 18.6 Å². The van der Waals surface area contributed by atoms with Crippen LogP contribution in [-0.2, 0) is 19.2 Å². The van der Waals surface area contributed by atoms with Crippen molar-refractivity contribution in [1.29, 1.82) is 0 Å². The normalized spacial score (nSPS) is 11.5. The molecule has 0 atom stereocenters. The number of nitrogens with one attached hydrogen (secondary N) is 2. The lowest BCUT2D eigenvalue weighted by Gasteiger charge is -2.12. The number of aromatic nitrogens is 2. The maximum Gasteiger partial charge on any atom is 0.433 e. The van der Waals surface area contributed by atoms with Crippen molar-refractivity contribution in [1.82, 2.24) is 10.2 Å². The van der Waals surface area contributed by atoms with E-state index in [2.05, 4.69) is 0 Å². The van der Waals surface area contributed by atoms with Crippen molar-refractivity contribution in [3.63, 3.8) is 0 Å². The maximum atomic E-state index is 13.0. The van der Waals surface area contributed by atoms with E-state index in [9.17, 15) is 18.0 Å². The molecule has 0 fully saturated rings. The Balaban J connectivity index is 1.85. The summed E-state index contributed by atoms with van der Waals surface area (Å²) in [4.78, 5) is 11.8. The van der Waals surface area contributed by atoms with Crippen LogP contribution < -0.4 is 10.3 Å². The van der Waals surface area contributed by atoms with Crippen molar-refractivity contribution in [2.24, 2.45) is 0 Å². The highest BCUT2D eigenvalue weighted by molar-refractivity contribution is 6.30. The fourth-order valence-electron chi connectivity index (χ4n) is 2.56. The number of rotatable bonds is 5. The van der Waals surface area contributed by atoms with E-state index in [1.807, 2.05) is 16.3 Å². The molecule has 4 nitrogen and oxygen atoms in total. The topological polar surface area (TPSA) is 57.9 Å². The maximum absolute atomic E-state index is 13.0. The molecular weight excluding hydrogens is 369 g/mol. The summed E-state index contributed by atoms with van der Waals surface area (Å²) in [6, 6.07) is 13.7. The van der Waals surface area contributed by atoms with Crippen molar-refractivity contribution in [3.8, 4) is 5.75 Å². The second kappa shape index (κ2) is 7.29. The molecule has 2 N–H and O–H groups in total. The molecule has 3 aromatic rings. The van der Waals surface area contributed by atoms with Gasteiger partial charge in [-0.25, -0.2) is 0 Å². The largest absolute Gasteiger partial charge is 0.489 e. The van der Waals surface area contributed by atoms with Crippen molar-refractivity contribution in [2.75, 3.05) is 0 Å². The number of aromatic amines is 2. The van der Waals surface area contributed by atoms with Crippen LogP contribution in [0.5, 0.6) is 5.75 Å². The van der Waals surface area contributed by atoms with E-state index < -0.39 is 17.4 Å². The fourth-order valence-corrected chi connectivity index (χ4v) is 2.78. The number of hydrogen-bond donors (Lipinski definition) is 2. The smallest absolute Gasteiger partial charge is 0.433 e. The van der Waals surface area contributed by atoms with Gasteiger partial charge in [0.15, 0.2) is 0 Å². The number of ether oxygens (including phenoxy) is 1. The van der Waals surface area contributed by atoms with Crippen molar-refractivity contribution in [3.05, 3.63) is 86.3 Å². The van der Waals surface area contributed by atoms with Crippen molar-refractivity contribution >= 4 is 11.6 Å². The summed E-state index contributed by atoms with van der Waals surface area (Å²) in [6.07, 6.45) is -4.86. The minimum Gasteiger partial charge on any atom is -0.489 e. The van der Waals surface area contributed by atoms with Crippen LogP contribution in [0.15, 0.2) is 53.3 Å². The third kappa shape index (κ3) is 4.11. The zero-order chi connectivity index (χ0) is 18.7. The fraction of sp³-hybridized carbons (Fsp3) is 0.167. The molecule has 0 spiro atoms. The molecule has 0 aliphatic rings. The van der Waals surface area contributed by atoms with Crippen LogP contribution in [0, 0.1) is 0 Å². The minimum atomic E-state index is -4.65. The summed E-state index contributed by atoms with van der Waals surface area (Å²) in [6.45, 7) is 0.202. The van der Waals surface area contributed by atoms with Gasteiger partial charge in [0.25, 0.3) is 5.56 Å². The first kappa shape index (κ1) is 18.1. The third-order valence-corrected chi connectivity index (χ3v) is 4.02. The number of benzene rings is 2. The Bertz CT molecular complexity index is 963. The van der Waals surface area contributed by atoms with E-state index in [0.717, 1.165) is 5.56 Å². The Morgan fingerprint density at radius 1 is 1.04 bits per heavy atom. The van der Waals surface area contributed by atoms with Gasteiger partial charge >= 0.3 is 6.18 Å². The predicted octanol–water partition coefficient (Wildman–Crippen LogP) is 4.55. The van der Waals surface area contributed by atoms with Gasteiger partial charge in [0.2, 0.25) is 0 Å². The summed E-state index contributed by atoms with van der Waals surface area (Å²) in [5.74, 6) is 0.404. The highest BCUT2D eigenvalue weighted by Crippen LogP contribution is 2.31. The molecule has 0 amide bonds. The summed E-state index contributed by atoms with van der Waals surface area (Å²) in [7, 11) is 0. The lowest BCUT2D eigenvalue weighted by molar-refractivity contribution is -0.141. The number of para-hydroxylation sites is 1. The zero-order valence-electron chi connectivity index (χ0n) is 13.4. The molecule has 1 heterocycles. The lowest BCUT2D eigenvalue weighted by atomic mass is 10.0. The van der Waals surface area contributed by atoms with Crippen molar-refractivity contribution in [2.45, 2.75) is 19.2 Å². The van der Waals surface area contributed by atoms with Crippen LogP contribution >= 0.6 is 11.6 Å². The Kier molecular flexibility index (Phi) is 5.08. The van der Waals surface area contributed by atoms with Crippen molar-refractivity contribution < 1.29 is 17.9 Å². The Morgan fingerprint density at radius 2 is 1.81 bits per heavy atom. The van der Waals surface area contributed by atoms with E-state index in [0.29, 0.717) is 16.3 Å². The molecule has 0 saturated heterocycles. The number of halogens is 4. The van der Waals surface area contributed by atoms with Gasteiger partial charge < -0.3 is 4.74 Å². The highest BCUT2D eigenvalue weighted by Gasteiger charge is 2.36. The van der Waals surface area contributed by atoms with E-state index in [4.69, 9.17) is 16.3 Å². The second-order valence-corrected chi connectivity index (χ2v) is 6.07. The zero-order valence-corrected chi connectivity index (χ0v) is 14.1. The van der Waals surface area contributed by atoms with Gasteiger partial charge in [-0.05, 0) is 29.3 Å². The number of alkyl halides is 3. The minimum absolute atomic E-state index is 0.202. The molecule has 0 saturated carbocycles. The van der Waals surface area contributed by atoms with Crippen LogP contribution in [0.25, 0.3) is 0 Å². The average molecular weight is 383 g/mol. The SMILES string of the molecule is O=c1[nH][nH]c(C(F)(F)F)c1Cc1ccccc1OCc1cccc(Cl)c1. The molecular formula is C18H14ClF3N2O2. The lowest BCUT2D eigenvalue weighted by Crippen LogP contribution is -2.14. The Morgan fingerprint density at radius 3 is 2.54 bits per heavy atom. The molecule has 136 valence electrons. The molecule has 2 aromatic carbocycles. The van der Waals surface area contributed by atoms with Gasteiger partial charge in [-0.2, -0.15) is 13.2 Å². The molecule has 0 radical (unpaired) electrons. The molecule has 0 aliphatic carbocycles. The Hall–Kier alpha value is -2.67. The van der Waals surface area contributed by atoms with Crippen LogP contribution in [-0.4, -0.2) is 10.2 Å². The molecule has 0 bridgehead atoms. The quantitative estimate of drug-likeness (QED) is 0.680. The standard InChI is InChI=1S/C18H14ClF3N2O2/c19-13-6-3-4-11(8-13)10-26-15-7-2-1-5-12(15)9-14-16(18(20,21)22)23-24-17(14)25/h1-8H,9-10H2,(H2,23,24,25). The van der Waals surface area contributed by atoms with Gasteiger partial charge in [0.05, 0.1) is 5.56 Å². The summed E-state index contributed by atoms with van der Waals surface area (Å²) < 4.78 is 44.8. The summed E-state index contributed by atoms with van der Waals surface area (Å²) >= 11 is 5.93. The monoisotopic (exact) mass is 382 g/mol. The van der Waals surface area contributed by atoms with Gasteiger partial charge in [-0.3, -0.25) is 15.0 Å². The van der Waals surface area contributed by atoms with Crippen LogP contribution in [0.3, 0.4) is 0 Å². The summed E-state index contributed by atoms with van der Waals surface area (Å²) in [5.41, 5.74) is -0.960. The number of hydrogen-bond acceptors (Lipinski definition) is 2. The van der Waals surface area contributed by atoms with Crippen LogP contribution in [0.1, 0.15) is 22.4 Å². The summed E-state index contributed by atoms with van der Waals surface area (Å²) in [5, 5.41) is 4.45. The van der Waals surface area contributed by atoms with E-state index in [1.54, 1.807) is 42.5 Å². The molecule has 3 rings (SSSR count). The number of H-pyrrole nitrogens is 2. The average Bonchev–Trinajstić information content (AvgIpc) is 2.95. The molecule has 26 heavy (non-hydrogen) atoms. The molecule has 0 aliphatic heterocycles. The van der Waals surface area contributed by atoms with Crippen LogP contribution in [0.4, 0.5) is 13.2 Å². The van der Waals surface area contributed by atoms with Crippen LogP contribution in [0.2, 0.25) is 5.02 Å². The second-order valence-electron chi connectivity index (χ2n) is 5.63. The molecule has 8 heteroatoms. The Labute approximate surface area is 151 Å². The first-order chi connectivity index (χ1) is 12.3. The third-order valence-electron chi connectivity index (χ3n) is 3.78. The van der Waals surface area contributed by atoms with Gasteiger partial charge in [0.1, 0.15) is 18.1 Å². The first-order valence-electron chi connectivity index (χ1n) is 7.66. The first-order valence-corrected chi connectivity index (χ1v) is 8.04. The molecule has 1 aromatic heterocycles. The van der Waals surface area contributed by atoms with E-state index >= 15 is 0 Å². The van der Waals surface area contributed by atoms with Gasteiger partial charge in [-0.1, -0.05) is 41.9 Å².